The Morgan fingerprint density at radius 3 is 2.26 bits per heavy atom. The van der Waals surface area contributed by atoms with Crippen LogP contribution in [-0.2, 0) is 16.4 Å². The predicted octanol–water partition coefficient (Wildman–Crippen LogP) is 3.38. The summed E-state index contributed by atoms with van der Waals surface area (Å²) >= 11 is 0. The minimum absolute atomic E-state index is 0.0635. The lowest BCUT2D eigenvalue weighted by Crippen LogP contribution is -2.25. The van der Waals surface area contributed by atoms with Crippen LogP contribution in [0.15, 0.2) is 59.5 Å². The molecule has 2 aromatic carbocycles. The summed E-state index contributed by atoms with van der Waals surface area (Å²) in [7, 11) is -3.47. The molecule has 1 N–H and O–H groups in total. The van der Waals surface area contributed by atoms with Gasteiger partial charge in [-0.2, -0.15) is 0 Å². The monoisotopic (exact) mass is 333 g/mol. The first-order chi connectivity index (χ1) is 11.0. The average Bonchev–Trinajstić information content (AvgIpc) is 2.53. The SMILES string of the molecule is CC(C)Oc1ccc(S(=O)(=O)NCCCc2ccccc2)cc1. The zero-order valence-electron chi connectivity index (χ0n) is 13.5. The van der Waals surface area contributed by atoms with Gasteiger partial charge in [-0.25, -0.2) is 13.1 Å². The average molecular weight is 333 g/mol. The molecular formula is C18H23NO3S. The third-order valence-corrected chi connectivity index (χ3v) is 4.76. The number of rotatable bonds is 8. The Bertz CT molecular complexity index is 695. The van der Waals surface area contributed by atoms with E-state index in [1.807, 2.05) is 44.2 Å². The molecule has 2 rings (SSSR count). The van der Waals surface area contributed by atoms with Gasteiger partial charge in [0.15, 0.2) is 0 Å². The zero-order chi connectivity index (χ0) is 16.7. The van der Waals surface area contributed by atoms with Crippen molar-refractivity contribution < 1.29 is 13.2 Å². The van der Waals surface area contributed by atoms with Gasteiger partial charge in [0.1, 0.15) is 5.75 Å². The van der Waals surface area contributed by atoms with Gasteiger partial charge >= 0.3 is 0 Å². The van der Waals surface area contributed by atoms with E-state index in [0.717, 1.165) is 12.8 Å². The van der Waals surface area contributed by atoms with Gasteiger partial charge in [-0.3, -0.25) is 0 Å². The third-order valence-electron chi connectivity index (χ3n) is 3.28. The van der Waals surface area contributed by atoms with Gasteiger partial charge in [0, 0.05) is 6.54 Å². The van der Waals surface area contributed by atoms with Crippen molar-refractivity contribution in [3.63, 3.8) is 0 Å². The molecule has 0 bridgehead atoms. The Morgan fingerprint density at radius 1 is 1.00 bits per heavy atom. The number of nitrogens with one attached hydrogen (secondary N) is 1. The molecule has 0 aliphatic rings. The van der Waals surface area contributed by atoms with Crippen molar-refractivity contribution in [1.82, 2.24) is 4.72 Å². The number of hydrogen-bond donors (Lipinski definition) is 1. The Morgan fingerprint density at radius 2 is 1.65 bits per heavy atom. The van der Waals surface area contributed by atoms with Gasteiger partial charge in [0.05, 0.1) is 11.0 Å². The fraction of sp³-hybridized carbons (Fsp3) is 0.333. The molecule has 0 fully saturated rings. The van der Waals surface area contributed by atoms with E-state index >= 15 is 0 Å². The second kappa shape index (κ2) is 8.13. The van der Waals surface area contributed by atoms with Crippen molar-refractivity contribution >= 4 is 10.0 Å². The van der Waals surface area contributed by atoms with Gasteiger partial charge in [-0.1, -0.05) is 30.3 Å². The molecule has 0 aliphatic carbocycles. The van der Waals surface area contributed by atoms with Crippen molar-refractivity contribution in [2.45, 2.75) is 37.7 Å². The second-order valence-electron chi connectivity index (χ2n) is 5.62. The van der Waals surface area contributed by atoms with Crippen molar-refractivity contribution in [2.75, 3.05) is 6.54 Å². The van der Waals surface area contributed by atoms with Crippen LogP contribution < -0.4 is 9.46 Å². The molecule has 2 aromatic rings. The lowest BCUT2D eigenvalue weighted by molar-refractivity contribution is 0.242. The molecule has 0 radical (unpaired) electrons. The molecule has 0 amide bonds. The first kappa shape index (κ1) is 17.5. The Balaban J connectivity index is 1.86. The fourth-order valence-electron chi connectivity index (χ4n) is 2.20. The molecule has 0 saturated carbocycles. The Labute approximate surface area is 138 Å². The quantitative estimate of drug-likeness (QED) is 0.754. The van der Waals surface area contributed by atoms with Gasteiger partial charge in [-0.05, 0) is 56.5 Å². The standard InChI is InChI=1S/C18H23NO3S/c1-15(2)22-17-10-12-18(13-11-17)23(20,21)19-14-6-9-16-7-4-3-5-8-16/h3-5,7-8,10-13,15,19H,6,9,14H2,1-2H3. The van der Waals surface area contributed by atoms with E-state index < -0.39 is 10.0 Å². The molecule has 0 atom stereocenters. The molecule has 0 spiro atoms. The summed E-state index contributed by atoms with van der Waals surface area (Å²) in [6.07, 6.45) is 1.68. The number of ether oxygens (including phenoxy) is 1. The van der Waals surface area contributed by atoms with E-state index in [1.165, 1.54) is 5.56 Å². The van der Waals surface area contributed by atoms with E-state index in [0.29, 0.717) is 12.3 Å². The summed E-state index contributed by atoms with van der Waals surface area (Å²) in [4.78, 5) is 0.258. The Kier molecular flexibility index (Phi) is 6.19. The molecule has 0 unspecified atom stereocenters. The van der Waals surface area contributed by atoms with E-state index in [2.05, 4.69) is 4.72 Å². The molecule has 4 nitrogen and oxygen atoms in total. The first-order valence-corrected chi connectivity index (χ1v) is 9.26. The third kappa shape index (κ3) is 5.69. The van der Waals surface area contributed by atoms with E-state index in [9.17, 15) is 8.42 Å². The fourth-order valence-corrected chi connectivity index (χ4v) is 3.27. The van der Waals surface area contributed by atoms with E-state index in [4.69, 9.17) is 4.74 Å². The van der Waals surface area contributed by atoms with E-state index in [-0.39, 0.29) is 11.0 Å². The topological polar surface area (TPSA) is 55.4 Å². The van der Waals surface area contributed by atoms with E-state index in [1.54, 1.807) is 24.3 Å². The van der Waals surface area contributed by atoms with Crippen molar-refractivity contribution in [1.29, 1.82) is 0 Å². The lowest BCUT2D eigenvalue weighted by Gasteiger charge is -2.11. The van der Waals surface area contributed by atoms with Crippen LogP contribution in [0.1, 0.15) is 25.8 Å². The second-order valence-corrected chi connectivity index (χ2v) is 7.39. The maximum Gasteiger partial charge on any atom is 0.240 e. The van der Waals surface area contributed by atoms with Crippen LogP contribution in [0, 0.1) is 0 Å². The minimum Gasteiger partial charge on any atom is -0.491 e. The molecule has 5 heteroatoms. The van der Waals surface area contributed by atoms with Gasteiger partial charge < -0.3 is 4.74 Å². The summed E-state index contributed by atoms with van der Waals surface area (Å²) in [5, 5.41) is 0. The Hall–Kier alpha value is -1.85. The first-order valence-electron chi connectivity index (χ1n) is 7.78. The number of hydrogen-bond acceptors (Lipinski definition) is 3. The zero-order valence-corrected chi connectivity index (χ0v) is 14.3. The summed E-state index contributed by atoms with van der Waals surface area (Å²) in [5.41, 5.74) is 1.21. The summed E-state index contributed by atoms with van der Waals surface area (Å²) in [6, 6.07) is 16.5. The van der Waals surface area contributed by atoms with Gasteiger partial charge in [-0.15, -0.1) is 0 Å². The van der Waals surface area contributed by atoms with Gasteiger partial charge in [0.25, 0.3) is 0 Å². The summed E-state index contributed by atoms with van der Waals surface area (Å²) in [5.74, 6) is 0.669. The highest BCUT2D eigenvalue weighted by molar-refractivity contribution is 7.89. The lowest BCUT2D eigenvalue weighted by atomic mass is 10.1. The summed E-state index contributed by atoms with van der Waals surface area (Å²) < 4.78 is 32.6. The van der Waals surface area contributed by atoms with Crippen LogP contribution in [0.25, 0.3) is 0 Å². The van der Waals surface area contributed by atoms with Crippen LogP contribution in [0.4, 0.5) is 0 Å². The molecule has 0 aliphatic heterocycles. The molecular weight excluding hydrogens is 310 g/mol. The molecule has 0 aromatic heterocycles. The molecule has 124 valence electrons. The van der Waals surface area contributed by atoms with Gasteiger partial charge in [0.2, 0.25) is 10.0 Å². The maximum absolute atomic E-state index is 12.2. The van der Waals surface area contributed by atoms with Crippen LogP contribution in [0.3, 0.4) is 0 Å². The summed E-state index contributed by atoms with van der Waals surface area (Å²) in [6.45, 7) is 4.28. The van der Waals surface area contributed by atoms with Crippen LogP contribution in [0.2, 0.25) is 0 Å². The number of sulfonamides is 1. The number of aryl methyl sites for hydroxylation is 1. The normalized spacial score (nSPS) is 11.6. The highest BCUT2D eigenvalue weighted by Crippen LogP contribution is 2.17. The highest BCUT2D eigenvalue weighted by atomic mass is 32.2. The maximum atomic E-state index is 12.2. The molecule has 0 saturated heterocycles. The van der Waals surface area contributed by atoms with Crippen molar-refractivity contribution in [2.24, 2.45) is 0 Å². The minimum atomic E-state index is -3.47. The predicted molar refractivity (Wildman–Crippen MR) is 92.2 cm³/mol. The van der Waals surface area contributed by atoms with Crippen LogP contribution in [0.5, 0.6) is 5.75 Å². The highest BCUT2D eigenvalue weighted by Gasteiger charge is 2.13. The largest absolute Gasteiger partial charge is 0.491 e. The number of benzene rings is 2. The van der Waals surface area contributed by atoms with Crippen molar-refractivity contribution in [3.05, 3.63) is 60.2 Å². The molecule has 0 heterocycles. The smallest absolute Gasteiger partial charge is 0.240 e. The molecule has 23 heavy (non-hydrogen) atoms. The van der Waals surface area contributed by atoms with Crippen LogP contribution in [-0.4, -0.2) is 21.1 Å². The van der Waals surface area contributed by atoms with Crippen LogP contribution >= 0.6 is 0 Å². The van der Waals surface area contributed by atoms with Crippen molar-refractivity contribution in [3.8, 4) is 5.75 Å².